The zero-order chi connectivity index (χ0) is 16.4. The van der Waals surface area contributed by atoms with Crippen LogP contribution >= 0.6 is 0 Å². The summed E-state index contributed by atoms with van der Waals surface area (Å²) in [6.45, 7) is 9.24. The molecule has 2 aromatic heterocycles. The summed E-state index contributed by atoms with van der Waals surface area (Å²) in [5.41, 5.74) is 1.20. The Morgan fingerprint density at radius 2 is 2.17 bits per heavy atom. The third kappa shape index (κ3) is 3.21. The van der Waals surface area contributed by atoms with Crippen LogP contribution in [0, 0.1) is 6.92 Å². The summed E-state index contributed by atoms with van der Waals surface area (Å²) in [4.78, 5) is 16.0. The summed E-state index contributed by atoms with van der Waals surface area (Å²) < 4.78 is 5.55. The van der Waals surface area contributed by atoms with Crippen molar-refractivity contribution in [3.8, 4) is 0 Å². The molecular formula is C17H25N5O. The van der Waals surface area contributed by atoms with Crippen LogP contribution < -0.4 is 4.90 Å². The minimum Gasteiger partial charge on any atom is -0.344 e. The highest BCUT2D eigenvalue weighted by Gasteiger charge is 2.33. The van der Waals surface area contributed by atoms with Crippen LogP contribution in [0.25, 0.3) is 0 Å². The van der Waals surface area contributed by atoms with Gasteiger partial charge in [-0.15, -0.1) is 0 Å². The van der Waals surface area contributed by atoms with Gasteiger partial charge in [0.15, 0.2) is 5.82 Å². The highest BCUT2D eigenvalue weighted by molar-refractivity contribution is 5.48. The van der Waals surface area contributed by atoms with Gasteiger partial charge in [-0.1, -0.05) is 32.3 Å². The molecule has 0 unspecified atom stereocenters. The van der Waals surface area contributed by atoms with Crippen LogP contribution in [0.3, 0.4) is 0 Å². The molecule has 0 amide bonds. The number of hydrogen-bond acceptors (Lipinski definition) is 6. The molecule has 124 valence electrons. The van der Waals surface area contributed by atoms with E-state index in [1.165, 1.54) is 5.56 Å². The molecule has 1 saturated heterocycles. The van der Waals surface area contributed by atoms with Gasteiger partial charge in [-0.05, 0) is 26.2 Å². The van der Waals surface area contributed by atoms with Crippen molar-refractivity contribution in [3.63, 3.8) is 0 Å². The Morgan fingerprint density at radius 1 is 1.35 bits per heavy atom. The summed E-state index contributed by atoms with van der Waals surface area (Å²) in [6.07, 6.45) is 6.16. The Labute approximate surface area is 137 Å². The van der Waals surface area contributed by atoms with E-state index in [-0.39, 0.29) is 12.0 Å². The summed E-state index contributed by atoms with van der Waals surface area (Å²) in [7, 11) is 0. The number of rotatable bonds is 5. The van der Waals surface area contributed by atoms with Crippen molar-refractivity contribution < 1.29 is 4.52 Å². The highest BCUT2D eigenvalue weighted by Crippen LogP contribution is 2.36. The molecule has 0 spiro atoms. The van der Waals surface area contributed by atoms with Crippen LogP contribution in [-0.4, -0.2) is 26.7 Å². The molecule has 2 aromatic rings. The smallest absolute Gasteiger partial charge is 0.249 e. The fraction of sp³-hybridized carbons (Fsp3) is 0.647. The van der Waals surface area contributed by atoms with E-state index in [1.54, 1.807) is 0 Å². The first kappa shape index (κ1) is 15.9. The van der Waals surface area contributed by atoms with E-state index >= 15 is 0 Å². The lowest BCUT2D eigenvalue weighted by Crippen LogP contribution is -2.25. The SMILES string of the molecule is CCCc1cnc(C)nc1N1CCC[C@H]1c1nc(C(C)C)no1. The molecule has 1 fully saturated rings. The second-order valence-electron chi connectivity index (χ2n) is 6.51. The number of hydrogen-bond donors (Lipinski definition) is 0. The van der Waals surface area contributed by atoms with Crippen molar-refractivity contribution in [1.29, 1.82) is 0 Å². The van der Waals surface area contributed by atoms with Gasteiger partial charge in [0, 0.05) is 24.2 Å². The fourth-order valence-corrected chi connectivity index (χ4v) is 3.07. The summed E-state index contributed by atoms with van der Waals surface area (Å²) in [5.74, 6) is 3.61. The molecule has 3 rings (SSSR count). The molecule has 0 N–H and O–H groups in total. The molecule has 0 saturated carbocycles. The van der Waals surface area contributed by atoms with Crippen molar-refractivity contribution in [3.05, 3.63) is 29.3 Å². The minimum atomic E-state index is 0.125. The molecule has 23 heavy (non-hydrogen) atoms. The number of aryl methyl sites for hydroxylation is 2. The Bertz CT molecular complexity index is 667. The van der Waals surface area contributed by atoms with Crippen molar-refractivity contribution in [2.24, 2.45) is 0 Å². The quantitative estimate of drug-likeness (QED) is 0.840. The van der Waals surface area contributed by atoms with Crippen molar-refractivity contribution in [2.45, 2.75) is 65.3 Å². The third-order valence-electron chi connectivity index (χ3n) is 4.27. The first-order chi connectivity index (χ1) is 11.1. The number of anilines is 1. The fourth-order valence-electron chi connectivity index (χ4n) is 3.07. The Balaban J connectivity index is 1.93. The summed E-state index contributed by atoms with van der Waals surface area (Å²) in [6, 6.07) is 0.125. The average Bonchev–Trinajstić information content (AvgIpc) is 3.17. The van der Waals surface area contributed by atoms with Crippen LogP contribution in [0.5, 0.6) is 0 Å². The van der Waals surface area contributed by atoms with Gasteiger partial charge in [-0.25, -0.2) is 9.97 Å². The van der Waals surface area contributed by atoms with Crippen LogP contribution in [-0.2, 0) is 6.42 Å². The van der Waals surface area contributed by atoms with Gasteiger partial charge in [0.1, 0.15) is 17.7 Å². The van der Waals surface area contributed by atoms with Gasteiger partial charge in [0.2, 0.25) is 5.89 Å². The standard InChI is InChI=1S/C17H25N5O/c1-5-7-13-10-18-12(4)19-16(13)22-9-6-8-14(22)17-20-15(11(2)3)21-23-17/h10-11,14H,5-9H2,1-4H3/t14-/m0/s1. The van der Waals surface area contributed by atoms with Gasteiger partial charge >= 0.3 is 0 Å². The normalized spacial score (nSPS) is 18.1. The number of nitrogens with zero attached hydrogens (tertiary/aromatic N) is 5. The van der Waals surface area contributed by atoms with E-state index in [4.69, 9.17) is 9.51 Å². The van der Waals surface area contributed by atoms with Crippen LogP contribution in [0.4, 0.5) is 5.82 Å². The molecule has 0 bridgehead atoms. The zero-order valence-electron chi connectivity index (χ0n) is 14.4. The lowest BCUT2D eigenvalue weighted by atomic mass is 10.1. The van der Waals surface area contributed by atoms with Crippen LogP contribution in [0.1, 0.15) is 75.1 Å². The van der Waals surface area contributed by atoms with Crippen LogP contribution in [0.15, 0.2) is 10.7 Å². The van der Waals surface area contributed by atoms with E-state index < -0.39 is 0 Å². The molecule has 6 nitrogen and oxygen atoms in total. The lowest BCUT2D eigenvalue weighted by molar-refractivity contribution is 0.349. The van der Waals surface area contributed by atoms with Gasteiger partial charge in [-0.2, -0.15) is 4.98 Å². The number of aromatic nitrogens is 4. The lowest BCUT2D eigenvalue weighted by Gasteiger charge is -2.25. The van der Waals surface area contributed by atoms with Gasteiger partial charge < -0.3 is 9.42 Å². The molecule has 0 aromatic carbocycles. The zero-order valence-corrected chi connectivity index (χ0v) is 14.4. The van der Waals surface area contributed by atoms with E-state index in [0.29, 0.717) is 5.89 Å². The Morgan fingerprint density at radius 3 is 2.87 bits per heavy atom. The van der Waals surface area contributed by atoms with Gasteiger partial charge in [0.05, 0.1) is 0 Å². The molecule has 6 heteroatoms. The minimum absolute atomic E-state index is 0.125. The summed E-state index contributed by atoms with van der Waals surface area (Å²) in [5, 5.41) is 4.12. The molecule has 1 aliphatic heterocycles. The third-order valence-corrected chi connectivity index (χ3v) is 4.27. The second kappa shape index (κ2) is 6.64. The Kier molecular flexibility index (Phi) is 4.59. The first-order valence-corrected chi connectivity index (χ1v) is 8.52. The van der Waals surface area contributed by atoms with E-state index in [9.17, 15) is 0 Å². The first-order valence-electron chi connectivity index (χ1n) is 8.52. The predicted octanol–water partition coefficient (Wildman–Crippen LogP) is 3.59. The Hall–Kier alpha value is -1.98. The van der Waals surface area contributed by atoms with Gasteiger partial charge in [-0.3, -0.25) is 0 Å². The molecule has 0 radical (unpaired) electrons. The maximum Gasteiger partial charge on any atom is 0.249 e. The van der Waals surface area contributed by atoms with Crippen molar-refractivity contribution in [2.75, 3.05) is 11.4 Å². The second-order valence-corrected chi connectivity index (χ2v) is 6.51. The predicted molar refractivity (Wildman–Crippen MR) is 88.5 cm³/mol. The van der Waals surface area contributed by atoms with E-state index in [0.717, 1.165) is 49.7 Å². The molecular weight excluding hydrogens is 290 g/mol. The largest absolute Gasteiger partial charge is 0.344 e. The topological polar surface area (TPSA) is 67.9 Å². The van der Waals surface area contributed by atoms with Gasteiger partial charge in [0.25, 0.3) is 0 Å². The van der Waals surface area contributed by atoms with E-state index in [2.05, 4.69) is 40.8 Å². The maximum atomic E-state index is 5.55. The molecule has 1 atom stereocenters. The molecule has 1 aliphatic rings. The molecule has 3 heterocycles. The van der Waals surface area contributed by atoms with Crippen molar-refractivity contribution >= 4 is 5.82 Å². The molecule has 0 aliphatic carbocycles. The summed E-state index contributed by atoms with van der Waals surface area (Å²) >= 11 is 0. The van der Waals surface area contributed by atoms with E-state index in [1.807, 2.05) is 13.1 Å². The maximum absolute atomic E-state index is 5.55. The average molecular weight is 315 g/mol. The monoisotopic (exact) mass is 315 g/mol. The highest BCUT2D eigenvalue weighted by atomic mass is 16.5. The van der Waals surface area contributed by atoms with Crippen LogP contribution in [0.2, 0.25) is 0 Å². The van der Waals surface area contributed by atoms with Crippen molar-refractivity contribution in [1.82, 2.24) is 20.1 Å².